The fourth-order valence-electron chi connectivity index (χ4n) is 5.29. The van der Waals surface area contributed by atoms with Crippen LogP contribution in [-0.2, 0) is 9.47 Å². The zero-order valence-corrected chi connectivity index (χ0v) is 20.2. The highest BCUT2D eigenvalue weighted by Gasteiger charge is 2.28. The van der Waals surface area contributed by atoms with E-state index < -0.39 is 0 Å². The molecule has 2 heterocycles. The monoisotopic (exact) mass is 471 g/mol. The molecule has 6 heteroatoms. The zero-order valence-electron chi connectivity index (χ0n) is 20.2. The highest BCUT2D eigenvalue weighted by Crippen LogP contribution is 2.43. The van der Waals surface area contributed by atoms with Crippen LogP contribution in [0.25, 0.3) is 22.2 Å². The summed E-state index contributed by atoms with van der Waals surface area (Å²) < 4.78 is 20.0. The molecule has 1 aromatic heterocycles. The number of anilines is 1. The van der Waals surface area contributed by atoms with Gasteiger partial charge in [0.25, 0.3) is 0 Å². The maximum atomic E-state index is 10.2. The molecule has 6 nitrogen and oxygen atoms in total. The molecule has 2 aliphatic carbocycles. The first-order valence-corrected chi connectivity index (χ1v) is 13.1. The van der Waals surface area contributed by atoms with Gasteiger partial charge in [0.1, 0.15) is 25.2 Å². The first kappa shape index (κ1) is 22.5. The minimum atomic E-state index is 0.181. The Morgan fingerprint density at radius 1 is 1.00 bits per heavy atom. The molecular weight excluding hydrogens is 438 g/mol. The molecule has 1 saturated heterocycles. The summed E-state index contributed by atoms with van der Waals surface area (Å²) in [6, 6.07) is 17.5. The number of nitrogens with one attached hydrogen (secondary N) is 1. The predicted molar refractivity (Wildman–Crippen MR) is 137 cm³/mol. The SMILES string of the molecule is N#Cc1c(-c2ccc(NCOC3CCC3)cc2)n(C2CCC2)c2cc(OCC3CCCO3)ccc12. The Kier molecular flexibility index (Phi) is 6.37. The Morgan fingerprint density at radius 3 is 2.49 bits per heavy atom. The van der Waals surface area contributed by atoms with E-state index in [2.05, 4.69) is 46.3 Å². The van der Waals surface area contributed by atoms with E-state index in [1.54, 1.807) is 0 Å². The Labute approximate surface area is 206 Å². The van der Waals surface area contributed by atoms with Gasteiger partial charge in [0.05, 0.1) is 29.0 Å². The van der Waals surface area contributed by atoms with Crippen LogP contribution in [0.2, 0.25) is 0 Å². The number of hydrogen-bond acceptors (Lipinski definition) is 5. The van der Waals surface area contributed by atoms with Crippen molar-refractivity contribution in [1.29, 1.82) is 5.26 Å². The van der Waals surface area contributed by atoms with Gasteiger partial charge in [-0.05, 0) is 81.2 Å². The van der Waals surface area contributed by atoms with E-state index in [0.29, 0.717) is 25.5 Å². The van der Waals surface area contributed by atoms with Crippen LogP contribution >= 0.6 is 0 Å². The van der Waals surface area contributed by atoms with Crippen molar-refractivity contribution >= 4 is 16.6 Å². The number of fused-ring (bicyclic) bond motifs is 1. The number of rotatable bonds is 9. The number of ether oxygens (including phenoxy) is 3. The Bertz CT molecular complexity index is 1210. The number of benzene rings is 2. The summed E-state index contributed by atoms with van der Waals surface area (Å²) in [5.74, 6) is 0.841. The predicted octanol–water partition coefficient (Wildman–Crippen LogP) is 6.40. The number of nitriles is 1. The second kappa shape index (κ2) is 9.93. The third kappa shape index (κ3) is 4.51. The van der Waals surface area contributed by atoms with E-state index in [0.717, 1.165) is 71.5 Å². The maximum absolute atomic E-state index is 10.2. The molecule has 2 aromatic carbocycles. The van der Waals surface area contributed by atoms with Gasteiger partial charge in [0, 0.05) is 29.8 Å². The quantitative estimate of drug-likeness (QED) is 0.366. The van der Waals surface area contributed by atoms with Gasteiger partial charge in [0.2, 0.25) is 0 Å². The second-order valence-corrected chi connectivity index (χ2v) is 10.0. The molecule has 0 amide bonds. The summed E-state index contributed by atoms with van der Waals surface area (Å²) in [7, 11) is 0. The molecule has 1 aliphatic heterocycles. The molecule has 0 spiro atoms. The van der Waals surface area contributed by atoms with Crippen molar-refractivity contribution in [3.05, 3.63) is 48.0 Å². The normalized spacial score (nSPS) is 20.4. The fraction of sp³-hybridized carbons (Fsp3) is 0.483. The van der Waals surface area contributed by atoms with Crippen molar-refractivity contribution < 1.29 is 14.2 Å². The lowest BCUT2D eigenvalue weighted by Crippen LogP contribution is -2.24. The summed E-state index contributed by atoms with van der Waals surface area (Å²) in [5, 5.41) is 14.5. The Balaban J connectivity index is 1.29. The molecule has 3 aliphatic rings. The smallest absolute Gasteiger partial charge is 0.121 e. The number of hydrogen-bond donors (Lipinski definition) is 1. The van der Waals surface area contributed by atoms with Gasteiger partial charge in [-0.15, -0.1) is 0 Å². The maximum Gasteiger partial charge on any atom is 0.121 e. The molecule has 0 bridgehead atoms. The standard InChI is InChI=1S/C29H33N3O3/c30-17-27-26-14-13-24(34-18-25-8-3-15-33-25)16-28(26)32(22-4-1-5-22)29(27)20-9-11-21(12-10-20)31-19-35-23-6-2-7-23/h9-14,16,22-23,25,31H,1-8,15,18-19H2. The van der Waals surface area contributed by atoms with Crippen molar-refractivity contribution in [3.8, 4) is 23.1 Å². The molecule has 182 valence electrons. The minimum absolute atomic E-state index is 0.181. The molecule has 1 atom stereocenters. The first-order chi connectivity index (χ1) is 17.3. The summed E-state index contributed by atoms with van der Waals surface area (Å²) in [4.78, 5) is 0. The van der Waals surface area contributed by atoms with Gasteiger partial charge < -0.3 is 24.1 Å². The lowest BCUT2D eigenvalue weighted by atomic mass is 9.92. The van der Waals surface area contributed by atoms with Gasteiger partial charge in [-0.25, -0.2) is 0 Å². The van der Waals surface area contributed by atoms with Crippen LogP contribution in [-0.4, -0.2) is 36.7 Å². The van der Waals surface area contributed by atoms with Crippen LogP contribution in [0, 0.1) is 11.3 Å². The van der Waals surface area contributed by atoms with Gasteiger partial charge in [-0.2, -0.15) is 5.26 Å². The molecule has 6 rings (SSSR count). The first-order valence-electron chi connectivity index (χ1n) is 13.1. The number of nitrogens with zero attached hydrogens (tertiary/aromatic N) is 2. The second-order valence-electron chi connectivity index (χ2n) is 10.0. The summed E-state index contributed by atoms with van der Waals surface area (Å²) in [6.45, 7) is 1.94. The van der Waals surface area contributed by atoms with Crippen LogP contribution in [0.15, 0.2) is 42.5 Å². The molecular formula is C29H33N3O3. The van der Waals surface area contributed by atoms with E-state index in [1.165, 1.54) is 25.7 Å². The Hall–Kier alpha value is -3.01. The van der Waals surface area contributed by atoms with Crippen LogP contribution in [0.3, 0.4) is 0 Å². The average molecular weight is 472 g/mol. The lowest BCUT2D eigenvalue weighted by molar-refractivity contribution is 0.0128. The van der Waals surface area contributed by atoms with E-state index in [1.807, 2.05) is 12.1 Å². The summed E-state index contributed by atoms with van der Waals surface area (Å²) in [6.07, 6.45) is 9.88. The van der Waals surface area contributed by atoms with Crippen molar-refractivity contribution in [2.45, 2.75) is 69.6 Å². The highest BCUT2D eigenvalue weighted by atomic mass is 16.5. The third-order valence-corrected chi connectivity index (χ3v) is 7.79. The zero-order chi connectivity index (χ0) is 23.6. The summed E-state index contributed by atoms with van der Waals surface area (Å²) in [5.41, 5.74) is 4.94. The third-order valence-electron chi connectivity index (χ3n) is 7.79. The van der Waals surface area contributed by atoms with Crippen molar-refractivity contribution in [3.63, 3.8) is 0 Å². The van der Waals surface area contributed by atoms with Crippen molar-refractivity contribution in [2.24, 2.45) is 0 Å². The Morgan fingerprint density at radius 2 is 1.83 bits per heavy atom. The van der Waals surface area contributed by atoms with E-state index in [-0.39, 0.29) is 6.10 Å². The van der Waals surface area contributed by atoms with Crippen LogP contribution < -0.4 is 10.1 Å². The number of aromatic nitrogens is 1. The molecule has 3 fully saturated rings. The van der Waals surface area contributed by atoms with Crippen LogP contribution in [0.1, 0.15) is 63.0 Å². The molecule has 2 saturated carbocycles. The lowest BCUT2D eigenvalue weighted by Gasteiger charge is -2.30. The summed E-state index contributed by atoms with van der Waals surface area (Å²) >= 11 is 0. The van der Waals surface area contributed by atoms with Gasteiger partial charge in [-0.1, -0.05) is 12.1 Å². The molecule has 1 N–H and O–H groups in total. The topological polar surface area (TPSA) is 68.4 Å². The molecule has 3 aromatic rings. The van der Waals surface area contributed by atoms with Gasteiger partial charge >= 0.3 is 0 Å². The largest absolute Gasteiger partial charge is 0.491 e. The minimum Gasteiger partial charge on any atom is -0.491 e. The van der Waals surface area contributed by atoms with Crippen LogP contribution in [0.5, 0.6) is 5.75 Å². The molecule has 0 radical (unpaired) electrons. The van der Waals surface area contributed by atoms with E-state index in [9.17, 15) is 5.26 Å². The van der Waals surface area contributed by atoms with Crippen molar-refractivity contribution in [1.82, 2.24) is 4.57 Å². The fourth-order valence-corrected chi connectivity index (χ4v) is 5.29. The van der Waals surface area contributed by atoms with Gasteiger partial charge in [-0.3, -0.25) is 0 Å². The molecule has 35 heavy (non-hydrogen) atoms. The average Bonchev–Trinajstić information content (AvgIpc) is 3.45. The highest BCUT2D eigenvalue weighted by molar-refractivity contribution is 5.95. The van der Waals surface area contributed by atoms with E-state index >= 15 is 0 Å². The van der Waals surface area contributed by atoms with Crippen molar-refractivity contribution in [2.75, 3.05) is 25.3 Å². The van der Waals surface area contributed by atoms with Gasteiger partial charge in [0.15, 0.2) is 0 Å². The molecule has 1 unspecified atom stereocenters. The van der Waals surface area contributed by atoms with Crippen LogP contribution in [0.4, 0.5) is 5.69 Å². The van der Waals surface area contributed by atoms with E-state index in [4.69, 9.17) is 14.2 Å².